The summed E-state index contributed by atoms with van der Waals surface area (Å²) in [5.74, 6) is -0.448. The monoisotopic (exact) mass is 295 g/mol. The molecule has 0 fully saturated rings. The predicted octanol–water partition coefficient (Wildman–Crippen LogP) is 4.18. The van der Waals surface area contributed by atoms with E-state index in [-0.39, 0.29) is 5.15 Å². The molecule has 3 nitrogen and oxygen atoms in total. The van der Waals surface area contributed by atoms with Crippen LogP contribution in [0.1, 0.15) is 26.4 Å². The first-order valence-corrected chi connectivity index (χ1v) is 6.96. The Morgan fingerprint density at radius 1 is 1.26 bits per heavy atom. The molecule has 0 aliphatic rings. The van der Waals surface area contributed by atoms with Crippen molar-refractivity contribution in [2.24, 2.45) is 0 Å². The van der Waals surface area contributed by atoms with Crippen LogP contribution in [0, 0.1) is 20.8 Å². The van der Waals surface area contributed by atoms with Crippen molar-refractivity contribution < 1.29 is 9.53 Å². The van der Waals surface area contributed by atoms with Gasteiger partial charge in [-0.3, -0.25) is 0 Å². The van der Waals surface area contributed by atoms with Crippen LogP contribution in [0.5, 0.6) is 0 Å². The highest BCUT2D eigenvalue weighted by Crippen LogP contribution is 2.35. The molecular weight excluding hydrogens is 282 g/mol. The van der Waals surface area contributed by atoms with Gasteiger partial charge in [-0.25, -0.2) is 9.78 Å². The number of nitrogens with zero attached hydrogens (tertiary/aromatic N) is 1. The number of hydrogen-bond donors (Lipinski definition) is 0. The number of carbonyl (C=O) groups excluding carboxylic acids is 1. The van der Waals surface area contributed by atoms with E-state index in [0.717, 1.165) is 21.7 Å². The summed E-state index contributed by atoms with van der Waals surface area (Å²) < 4.78 is 4.69. The third kappa shape index (κ3) is 2.65. The van der Waals surface area contributed by atoms with E-state index in [1.165, 1.54) is 24.0 Å². The summed E-state index contributed by atoms with van der Waals surface area (Å²) in [6, 6.07) is 4.19. The fourth-order valence-corrected chi connectivity index (χ4v) is 3.52. The fourth-order valence-electron chi connectivity index (χ4n) is 2.14. The van der Waals surface area contributed by atoms with Gasteiger partial charge in [-0.15, -0.1) is 11.3 Å². The Kier molecular flexibility index (Phi) is 3.92. The predicted molar refractivity (Wildman–Crippen MR) is 78.1 cm³/mol. The average molecular weight is 296 g/mol. The van der Waals surface area contributed by atoms with Crippen LogP contribution in [0.2, 0.25) is 5.15 Å². The second kappa shape index (κ2) is 5.31. The second-order valence-corrected chi connectivity index (χ2v) is 5.76. The van der Waals surface area contributed by atoms with Gasteiger partial charge in [0, 0.05) is 5.56 Å². The van der Waals surface area contributed by atoms with E-state index in [4.69, 9.17) is 16.3 Å². The van der Waals surface area contributed by atoms with Crippen molar-refractivity contribution >= 4 is 28.9 Å². The lowest BCUT2D eigenvalue weighted by molar-refractivity contribution is 0.0606. The molecule has 0 N–H and O–H groups in total. The van der Waals surface area contributed by atoms with Crippen molar-refractivity contribution in [3.8, 4) is 10.6 Å². The van der Waals surface area contributed by atoms with Crippen molar-refractivity contribution in [3.05, 3.63) is 38.9 Å². The number of aryl methyl sites for hydroxylation is 3. The summed E-state index contributed by atoms with van der Waals surface area (Å²) in [4.78, 5) is 16.2. The SMILES string of the molecule is COC(=O)c1sc(-c2c(C)cc(C)cc2C)nc1Cl. The summed E-state index contributed by atoms with van der Waals surface area (Å²) in [6.07, 6.45) is 0. The first-order chi connectivity index (χ1) is 8.93. The standard InChI is InChI=1S/C14H14ClNO2S/c1-7-5-8(2)10(9(3)6-7)13-16-12(15)11(19-13)14(17)18-4/h5-6H,1-4H3. The molecule has 0 saturated carbocycles. The summed E-state index contributed by atoms with van der Waals surface area (Å²) in [7, 11) is 1.33. The molecule has 0 aliphatic heterocycles. The van der Waals surface area contributed by atoms with Gasteiger partial charge in [0.15, 0.2) is 10.0 Å². The summed E-state index contributed by atoms with van der Waals surface area (Å²) >= 11 is 7.26. The van der Waals surface area contributed by atoms with Gasteiger partial charge < -0.3 is 4.74 Å². The van der Waals surface area contributed by atoms with Gasteiger partial charge in [0.2, 0.25) is 0 Å². The maximum Gasteiger partial charge on any atom is 0.351 e. The molecule has 0 spiro atoms. The molecule has 19 heavy (non-hydrogen) atoms. The molecule has 1 heterocycles. The number of thiazole rings is 1. The molecule has 0 aliphatic carbocycles. The first-order valence-electron chi connectivity index (χ1n) is 5.77. The Morgan fingerprint density at radius 2 is 1.84 bits per heavy atom. The number of benzene rings is 1. The van der Waals surface area contributed by atoms with E-state index in [9.17, 15) is 4.79 Å². The molecule has 2 aromatic rings. The second-order valence-electron chi connectivity index (χ2n) is 4.40. The minimum Gasteiger partial charge on any atom is -0.465 e. The van der Waals surface area contributed by atoms with Gasteiger partial charge in [-0.1, -0.05) is 29.3 Å². The van der Waals surface area contributed by atoms with Crippen LogP contribution in [-0.4, -0.2) is 18.1 Å². The van der Waals surface area contributed by atoms with Gasteiger partial charge in [-0.05, 0) is 31.9 Å². The third-order valence-electron chi connectivity index (χ3n) is 2.85. The van der Waals surface area contributed by atoms with E-state index < -0.39 is 5.97 Å². The zero-order valence-corrected chi connectivity index (χ0v) is 12.8. The van der Waals surface area contributed by atoms with Crippen molar-refractivity contribution in [1.82, 2.24) is 4.98 Å². The van der Waals surface area contributed by atoms with Crippen LogP contribution in [0.25, 0.3) is 10.6 Å². The number of hydrogen-bond acceptors (Lipinski definition) is 4. The number of aromatic nitrogens is 1. The topological polar surface area (TPSA) is 39.2 Å². The van der Waals surface area contributed by atoms with Crippen LogP contribution in [0.15, 0.2) is 12.1 Å². The molecule has 5 heteroatoms. The smallest absolute Gasteiger partial charge is 0.351 e. The van der Waals surface area contributed by atoms with E-state index in [2.05, 4.69) is 24.0 Å². The quantitative estimate of drug-likeness (QED) is 0.780. The maximum atomic E-state index is 11.6. The molecular formula is C14H14ClNO2S. The lowest BCUT2D eigenvalue weighted by Crippen LogP contribution is -1.98. The Hall–Kier alpha value is -1.39. The lowest BCUT2D eigenvalue weighted by atomic mass is 10.0. The largest absolute Gasteiger partial charge is 0.465 e. The molecule has 1 aromatic carbocycles. The Bertz CT molecular complexity index is 626. The number of methoxy groups -OCH3 is 1. The minimum absolute atomic E-state index is 0.200. The van der Waals surface area contributed by atoms with Crippen molar-refractivity contribution in [3.63, 3.8) is 0 Å². The lowest BCUT2D eigenvalue weighted by Gasteiger charge is -2.08. The van der Waals surface area contributed by atoms with Crippen LogP contribution < -0.4 is 0 Å². The highest BCUT2D eigenvalue weighted by molar-refractivity contribution is 7.17. The summed E-state index contributed by atoms with van der Waals surface area (Å²) in [5, 5.41) is 0.951. The van der Waals surface area contributed by atoms with Crippen molar-refractivity contribution in [2.75, 3.05) is 7.11 Å². The first kappa shape index (κ1) is 14.0. The van der Waals surface area contributed by atoms with Gasteiger partial charge in [0.1, 0.15) is 5.01 Å². The fraction of sp³-hybridized carbons (Fsp3) is 0.286. The van der Waals surface area contributed by atoms with Gasteiger partial charge in [0.05, 0.1) is 7.11 Å². The number of ether oxygens (including phenoxy) is 1. The zero-order valence-electron chi connectivity index (χ0n) is 11.2. The van der Waals surface area contributed by atoms with Gasteiger partial charge >= 0.3 is 5.97 Å². The van der Waals surface area contributed by atoms with Crippen LogP contribution >= 0.6 is 22.9 Å². The molecule has 0 radical (unpaired) electrons. The number of esters is 1. The Morgan fingerprint density at radius 3 is 2.37 bits per heavy atom. The van der Waals surface area contributed by atoms with Crippen LogP contribution in [0.4, 0.5) is 0 Å². The van der Waals surface area contributed by atoms with Crippen molar-refractivity contribution in [1.29, 1.82) is 0 Å². The van der Waals surface area contributed by atoms with Crippen molar-refractivity contribution in [2.45, 2.75) is 20.8 Å². The minimum atomic E-state index is -0.448. The molecule has 0 unspecified atom stereocenters. The van der Waals surface area contributed by atoms with Gasteiger partial charge in [0.25, 0.3) is 0 Å². The molecule has 1 aromatic heterocycles. The third-order valence-corrected chi connectivity index (χ3v) is 4.29. The van der Waals surface area contributed by atoms with E-state index in [1.54, 1.807) is 0 Å². The van der Waals surface area contributed by atoms with E-state index >= 15 is 0 Å². The summed E-state index contributed by atoms with van der Waals surface area (Å²) in [5.41, 5.74) is 4.49. The Labute approximate surface area is 121 Å². The normalized spacial score (nSPS) is 10.6. The molecule has 0 bridgehead atoms. The zero-order chi connectivity index (χ0) is 14.2. The van der Waals surface area contributed by atoms with Gasteiger partial charge in [-0.2, -0.15) is 0 Å². The molecule has 100 valence electrons. The summed E-state index contributed by atoms with van der Waals surface area (Å²) in [6.45, 7) is 6.11. The van der Waals surface area contributed by atoms with E-state index in [0.29, 0.717) is 4.88 Å². The number of halogens is 1. The molecule has 2 rings (SSSR count). The van der Waals surface area contributed by atoms with Crippen LogP contribution in [0.3, 0.4) is 0 Å². The molecule has 0 atom stereocenters. The highest BCUT2D eigenvalue weighted by Gasteiger charge is 2.20. The number of rotatable bonds is 2. The van der Waals surface area contributed by atoms with Crippen LogP contribution in [-0.2, 0) is 4.74 Å². The molecule has 0 saturated heterocycles. The maximum absolute atomic E-state index is 11.6. The molecule has 0 amide bonds. The Balaban J connectivity index is 2.58. The highest BCUT2D eigenvalue weighted by atomic mass is 35.5. The van der Waals surface area contributed by atoms with E-state index in [1.807, 2.05) is 13.8 Å². The number of carbonyl (C=O) groups is 1. The average Bonchev–Trinajstić information content (AvgIpc) is 2.68.